The van der Waals surface area contributed by atoms with Gasteiger partial charge in [0, 0.05) is 24.3 Å². The first kappa shape index (κ1) is 14.4. The second-order valence-corrected chi connectivity index (χ2v) is 5.56. The van der Waals surface area contributed by atoms with Crippen molar-refractivity contribution in [3.63, 3.8) is 0 Å². The number of thiazole rings is 1. The lowest BCUT2D eigenvalue weighted by atomic mass is 10.2. The summed E-state index contributed by atoms with van der Waals surface area (Å²) < 4.78 is 0. The van der Waals surface area contributed by atoms with Gasteiger partial charge in [0.25, 0.3) is 0 Å². The van der Waals surface area contributed by atoms with Crippen molar-refractivity contribution in [1.82, 2.24) is 14.9 Å². The quantitative estimate of drug-likeness (QED) is 0.758. The molecule has 2 aromatic heterocycles. The summed E-state index contributed by atoms with van der Waals surface area (Å²) in [5.74, 6) is 0.486. The Kier molecular flexibility index (Phi) is 5.31. The second-order valence-electron chi connectivity index (χ2n) is 4.41. The molecule has 0 aliphatic rings. The third-order valence-corrected chi connectivity index (χ3v) is 4.49. The van der Waals surface area contributed by atoms with Gasteiger partial charge in [0.1, 0.15) is 5.01 Å². The first-order chi connectivity index (χ1) is 9.24. The molecule has 0 saturated carbocycles. The predicted molar refractivity (Wildman–Crippen MR) is 80.4 cm³/mol. The standard InChI is InChI=1S/C14H18ClN3S/c1-3-18(9-12-4-6-16-7-5-12)11(2)14-17-13(8-15)10-19-14/h4-7,10-11H,3,8-9H2,1-2H3. The van der Waals surface area contributed by atoms with Crippen LogP contribution in [0.15, 0.2) is 29.9 Å². The third-order valence-electron chi connectivity index (χ3n) is 3.15. The summed E-state index contributed by atoms with van der Waals surface area (Å²) in [5, 5.41) is 3.17. The number of nitrogens with zero attached hydrogens (tertiary/aromatic N) is 3. The molecule has 0 aliphatic heterocycles. The molecule has 0 bridgehead atoms. The molecule has 0 fully saturated rings. The largest absolute Gasteiger partial charge is 0.290 e. The first-order valence-electron chi connectivity index (χ1n) is 6.37. The Morgan fingerprint density at radius 1 is 1.37 bits per heavy atom. The average Bonchev–Trinajstić information content (AvgIpc) is 2.94. The molecule has 19 heavy (non-hydrogen) atoms. The Hall–Kier alpha value is -0.970. The monoisotopic (exact) mass is 295 g/mol. The van der Waals surface area contributed by atoms with Crippen LogP contribution < -0.4 is 0 Å². The van der Waals surface area contributed by atoms with Crippen LogP contribution in [0.4, 0.5) is 0 Å². The maximum absolute atomic E-state index is 5.81. The van der Waals surface area contributed by atoms with E-state index in [-0.39, 0.29) is 0 Å². The Bertz CT molecular complexity index is 500. The molecule has 102 valence electrons. The number of rotatable bonds is 6. The summed E-state index contributed by atoms with van der Waals surface area (Å²) in [7, 11) is 0. The van der Waals surface area contributed by atoms with E-state index >= 15 is 0 Å². The summed E-state index contributed by atoms with van der Waals surface area (Å²) in [5.41, 5.74) is 2.24. The Morgan fingerprint density at radius 3 is 2.68 bits per heavy atom. The van der Waals surface area contributed by atoms with Crippen molar-refractivity contribution in [2.24, 2.45) is 0 Å². The van der Waals surface area contributed by atoms with E-state index < -0.39 is 0 Å². The average molecular weight is 296 g/mol. The number of aromatic nitrogens is 2. The maximum atomic E-state index is 5.81. The minimum absolute atomic E-state index is 0.306. The molecule has 0 aliphatic carbocycles. The molecule has 1 unspecified atom stereocenters. The van der Waals surface area contributed by atoms with Gasteiger partial charge < -0.3 is 0 Å². The summed E-state index contributed by atoms with van der Waals surface area (Å²) in [4.78, 5) is 11.0. The minimum atomic E-state index is 0.306. The molecule has 2 heterocycles. The van der Waals surface area contributed by atoms with Crippen LogP contribution in [-0.4, -0.2) is 21.4 Å². The van der Waals surface area contributed by atoms with Crippen LogP contribution in [0.2, 0.25) is 0 Å². The molecular weight excluding hydrogens is 278 g/mol. The molecule has 1 atom stereocenters. The van der Waals surface area contributed by atoms with Crippen molar-refractivity contribution in [2.45, 2.75) is 32.3 Å². The van der Waals surface area contributed by atoms with Crippen LogP contribution in [0.5, 0.6) is 0 Å². The lowest BCUT2D eigenvalue weighted by Crippen LogP contribution is -2.26. The van der Waals surface area contributed by atoms with E-state index in [0.29, 0.717) is 11.9 Å². The summed E-state index contributed by atoms with van der Waals surface area (Å²) in [6.45, 7) is 6.27. The fourth-order valence-electron chi connectivity index (χ4n) is 1.98. The first-order valence-corrected chi connectivity index (χ1v) is 7.79. The number of hydrogen-bond donors (Lipinski definition) is 0. The molecule has 3 nitrogen and oxygen atoms in total. The van der Waals surface area contributed by atoms with Crippen LogP contribution in [0.25, 0.3) is 0 Å². The number of pyridine rings is 1. The van der Waals surface area contributed by atoms with Crippen LogP contribution in [0, 0.1) is 0 Å². The molecule has 0 radical (unpaired) electrons. The van der Waals surface area contributed by atoms with Gasteiger partial charge in [0.05, 0.1) is 17.6 Å². The zero-order chi connectivity index (χ0) is 13.7. The highest BCUT2D eigenvalue weighted by atomic mass is 35.5. The Morgan fingerprint density at radius 2 is 2.11 bits per heavy atom. The lowest BCUT2D eigenvalue weighted by molar-refractivity contribution is 0.212. The van der Waals surface area contributed by atoms with Gasteiger partial charge >= 0.3 is 0 Å². The highest BCUT2D eigenvalue weighted by molar-refractivity contribution is 7.09. The van der Waals surface area contributed by atoms with Crippen LogP contribution in [0.1, 0.15) is 36.2 Å². The molecule has 0 N–H and O–H groups in total. The van der Waals surface area contributed by atoms with Gasteiger partial charge in [-0.2, -0.15) is 0 Å². The van der Waals surface area contributed by atoms with Gasteiger partial charge in [-0.05, 0) is 31.2 Å². The van der Waals surface area contributed by atoms with E-state index in [4.69, 9.17) is 11.6 Å². The minimum Gasteiger partial charge on any atom is -0.290 e. The van der Waals surface area contributed by atoms with Crippen molar-refractivity contribution in [1.29, 1.82) is 0 Å². The van der Waals surface area contributed by atoms with Gasteiger partial charge in [-0.25, -0.2) is 4.98 Å². The van der Waals surface area contributed by atoms with Crippen molar-refractivity contribution in [2.75, 3.05) is 6.54 Å². The number of hydrogen-bond acceptors (Lipinski definition) is 4. The zero-order valence-electron chi connectivity index (χ0n) is 11.2. The predicted octanol–water partition coefficient (Wildman–Crippen LogP) is 3.86. The Labute approximate surface area is 123 Å². The maximum Gasteiger partial charge on any atom is 0.110 e. The molecule has 5 heteroatoms. The smallest absolute Gasteiger partial charge is 0.110 e. The lowest BCUT2D eigenvalue weighted by Gasteiger charge is -2.26. The van der Waals surface area contributed by atoms with Crippen molar-refractivity contribution in [3.8, 4) is 0 Å². The SMILES string of the molecule is CCN(Cc1ccncc1)C(C)c1nc(CCl)cs1. The van der Waals surface area contributed by atoms with E-state index in [0.717, 1.165) is 23.8 Å². The molecule has 2 rings (SSSR count). The fraction of sp³-hybridized carbons (Fsp3) is 0.429. The topological polar surface area (TPSA) is 29.0 Å². The van der Waals surface area contributed by atoms with Crippen LogP contribution >= 0.6 is 22.9 Å². The van der Waals surface area contributed by atoms with E-state index in [1.165, 1.54) is 5.56 Å². The Balaban J connectivity index is 2.08. The molecule has 0 spiro atoms. The number of halogens is 1. The molecule has 2 aromatic rings. The summed E-state index contributed by atoms with van der Waals surface area (Å²) >= 11 is 7.50. The summed E-state index contributed by atoms with van der Waals surface area (Å²) in [6.07, 6.45) is 3.67. The highest BCUT2D eigenvalue weighted by Gasteiger charge is 2.17. The molecule has 0 amide bonds. The van der Waals surface area contributed by atoms with E-state index in [1.807, 2.05) is 17.8 Å². The normalized spacial score (nSPS) is 12.8. The molecule has 0 aromatic carbocycles. The molecule has 0 saturated heterocycles. The third kappa shape index (κ3) is 3.75. The van der Waals surface area contributed by atoms with Crippen LogP contribution in [-0.2, 0) is 12.4 Å². The van der Waals surface area contributed by atoms with Gasteiger partial charge in [0.15, 0.2) is 0 Å². The van der Waals surface area contributed by atoms with Crippen molar-refractivity contribution in [3.05, 3.63) is 46.2 Å². The van der Waals surface area contributed by atoms with E-state index in [1.54, 1.807) is 11.3 Å². The number of alkyl halides is 1. The second kappa shape index (κ2) is 6.98. The van der Waals surface area contributed by atoms with Gasteiger partial charge in [0.2, 0.25) is 0 Å². The fourth-order valence-corrected chi connectivity index (χ4v) is 3.11. The van der Waals surface area contributed by atoms with Gasteiger partial charge in [-0.15, -0.1) is 22.9 Å². The van der Waals surface area contributed by atoms with Gasteiger partial charge in [-0.3, -0.25) is 9.88 Å². The highest BCUT2D eigenvalue weighted by Crippen LogP contribution is 2.25. The van der Waals surface area contributed by atoms with E-state index in [2.05, 4.69) is 40.8 Å². The van der Waals surface area contributed by atoms with Crippen molar-refractivity contribution >= 4 is 22.9 Å². The van der Waals surface area contributed by atoms with Crippen LogP contribution in [0.3, 0.4) is 0 Å². The zero-order valence-corrected chi connectivity index (χ0v) is 12.8. The molecular formula is C14H18ClN3S. The van der Waals surface area contributed by atoms with Crippen molar-refractivity contribution < 1.29 is 0 Å². The van der Waals surface area contributed by atoms with E-state index in [9.17, 15) is 0 Å². The van der Waals surface area contributed by atoms with Gasteiger partial charge in [-0.1, -0.05) is 6.92 Å². The summed E-state index contributed by atoms with van der Waals surface area (Å²) in [6, 6.07) is 4.42.